The lowest BCUT2D eigenvalue weighted by molar-refractivity contribution is -0.145. The number of nitrogens with zero attached hydrogens (tertiary/aromatic N) is 1. The van der Waals surface area contributed by atoms with Gasteiger partial charge in [-0.25, -0.2) is 4.79 Å². The summed E-state index contributed by atoms with van der Waals surface area (Å²) in [5, 5.41) is 9.66. The molecule has 0 spiro atoms. The Bertz CT molecular complexity index is 877. The van der Waals surface area contributed by atoms with Crippen LogP contribution in [0.5, 0.6) is 0 Å². The van der Waals surface area contributed by atoms with E-state index in [0.29, 0.717) is 10.5 Å². The maximum absolute atomic E-state index is 12.8. The maximum atomic E-state index is 12.8. The number of thioether (sulfide) groups is 1. The molecule has 0 aromatic heterocycles. The highest BCUT2D eigenvalue weighted by molar-refractivity contribution is 8.26. The van der Waals surface area contributed by atoms with Gasteiger partial charge in [0.1, 0.15) is 4.32 Å². The van der Waals surface area contributed by atoms with Gasteiger partial charge in [0.25, 0.3) is 5.91 Å². The van der Waals surface area contributed by atoms with Gasteiger partial charge in [0.05, 0.1) is 4.91 Å². The quantitative estimate of drug-likeness (QED) is 0.651. The molecule has 0 aliphatic carbocycles. The summed E-state index contributed by atoms with van der Waals surface area (Å²) in [5.74, 6) is -1.49. The van der Waals surface area contributed by atoms with Crippen molar-refractivity contribution in [2.45, 2.75) is 13.0 Å². The molecular formula is C19H15NO3S2. The summed E-state index contributed by atoms with van der Waals surface area (Å²) in [4.78, 5) is 26.3. The molecule has 1 aliphatic rings. The van der Waals surface area contributed by atoms with Gasteiger partial charge in [0.15, 0.2) is 6.04 Å². The Labute approximate surface area is 155 Å². The second-order valence-corrected chi connectivity index (χ2v) is 7.24. The number of carboxylic acid groups (broad SMARTS) is 1. The zero-order valence-corrected chi connectivity index (χ0v) is 15.0. The fourth-order valence-corrected chi connectivity index (χ4v) is 3.93. The smallest absolute Gasteiger partial charge is 0.331 e. The van der Waals surface area contributed by atoms with Crippen molar-refractivity contribution in [3.63, 3.8) is 0 Å². The third-order valence-electron chi connectivity index (χ3n) is 3.91. The molecular weight excluding hydrogens is 354 g/mol. The predicted octanol–water partition coefficient (Wildman–Crippen LogP) is 4.02. The van der Waals surface area contributed by atoms with Crippen LogP contribution in [0.2, 0.25) is 0 Å². The zero-order valence-electron chi connectivity index (χ0n) is 13.4. The van der Waals surface area contributed by atoms with Crippen LogP contribution in [-0.2, 0) is 9.59 Å². The monoisotopic (exact) mass is 369 g/mol. The lowest BCUT2D eigenvalue weighted by Crippen LogP contribution is -2.37. The first-order valence-corrected chi connectivity index (χ1v) is 8.82. The average molecular weight is 369 g/mol. The number of aliphatic carboxylic acids is 1. The fourth-order valence-electron chi connectivity index (χ4n) is 2.63. The minimum Gasteiger partial charge on any atom is -0.479 e. The van der Waals surface area contributed by atoms with E-state index in [4.69, 9.17) is 12.2 Å². The Morgan fingerprint density at radius 3 is 2.44 bits per heavy atom. The number of aryl methyl sites for hydroxylation is 1. The second kappa shape index (κ2) is 7.21. The molecule has 0 unspecified atom stereocenters. The molecule has 25 heavy (non-hydrogen) atoms. The van der Waals surface area contributed by atoms with Crippen molar-refractivity contribution >= 4 is 46.3 Å². The molecule has 126 valence electrons. The molecule has 0 bridgehead atoms. The largest absolute Gasteiger partial charge is 0.479 e. The molecule has 0 saturated carbocycles. The molecule has 1 N–H and O–H groups in total. The first-order valence-electron chi connectivity index (χ1n) is 7.59. The van der Waals surface area contributed by atoms with Crippen LogP contribution in [0, 0.1) is 6.92 Å². The van der Waals surface area contributed by atoms with Gasteiger partial charge in [-0.15, -0.1) is 0 Å². The number of benzene rings is 2. The highest BCUT2D eigenvalue weighted by Gasteiger charge is 2.41. The number of rotatable bonds is 4. The van der Waals surface area contributed by atoms with Crippen LogP contribution in [0.1, 0.15) is 22.7 Å². The van der Waals surface area contributed by atoms with Crippen molar-refractivity contribution in [1.82, 2.24) is 4.90 Å². The Balaban J connectivity index is 1.98. The van der Waals surface area contributed by atoms with E-state index < -0.39 is 12.0 Å². The Kier molecular flexibility index (Phi) is 5.01. The Morgan fingerprint density at radius 1 is 1.16 bits per heavy atom. The van der Waals surface area contributed by atoms with E-state index in [2.05, 4.69) is 0 Å². The number of hydrogen-bond donors (Lipinski definition) is 1. The molecule has 3 rings (SSSR count). The van der Waals surface area contributed by atoms with Crippen LogP contribution in [0.4, 0.5) is 0 Å². The minimum atomic E-state index is -1.13. The zero-order chi connectivity index (χ0) is 18.0. The summed E-state index contributed by atoms with van der Waals surface area (Å²) in [5.41, 5.74) is 2.46. The van der Waals surface area contributed by atoms with Crippen LogP contribution in [0.25, 0.3) is 6.08 Å². The highest BCUT2D eigenvalue weighted by Crippen LogP contribution is 2.38. The Hall–Kier alpha value is -2.44. The summed E-state index contributed by atoms with van der Waals surface area (Å²) in [7, 11) is 0. The molecule has 1 saturated heterocycles. The van der Waals surface area contributed by atoms with Crippen molar-refractivity contribution in [3.8, 4) is 0 Å². The molecule has 4 nitrogen and oxygen atoms in total. The molecule has 1 heterocycles. The van der Waals surface area contributed by atoms with Gasteiger partial charge in [-0.1, -0.05) is 78.6 Å². The Morgan fingerprint density at radius 2 is 1.80 bits per heavy atom. The molecule has 0 radical (unpaired) electrons. The van der Waals surface area contributed by atoms with Crippen LogP contribution in [-0.4, -0.2) is 26.2 Å². The van der Waals surface area contributed by atoms with Gasteiger partial charge < -0.3 is 5.11 Å². The SMILES string of the molecule is Cc1ccccc1/C=C1\SC(=S)N([C@H](C(=O)O)c2ccccc2)C1=O. The third-order valence-corrected chi connectivity index (χ3v) is 5.24. The number of hydrogen-bond acceptors (Lipinski definition) is 4. The molecule has 6 heteroatoms. The van der Waals surface area contributed by atoms with E-state index in [1.54, 1.807) is 36.4 Å². The van der Waals surface area contributed by atoms with Gasteiger partial charge in [-0.2, -0.15) is 0 Å². The maximum Gasteiger partial charge on any atom is 0.331 e. The van der Waals surface area contributed by atoms with Gasteiger partial charge in [0.2, 0.25) is 0 Å². The van der Waals surface area contributed by atoms with E-state index in [1.165, 1.54) is 4.90 Å². The number of amides is 1. The average Bonchev–Trinajstić information content (AvgIpc) is 2.86. The normalized spacial score (nSPS) is 17.2. The number of carbonyl (C=O) groups is 2. The highest BCUT2D eigenvalue weighted by atomic mass is 32.2. The summed E-state index contributed by atoms with van der Waals surface area (Å²) in [6.45, 7) is 1.95. The standard InChI is InChI=1S/C19H15NO3S2/c1-12-7-5-6-10-14(12)11-15-17(21)20(19(24)25-15)16(18(22)23)13-8-3-2-4-9-13/h2-11,16H,1H3,(H,22,23)/b15-11-/t16-/m0/s1. The molecule has 2 aromatic rings. The van der Waals surface area contributed by atoms with Gasteiger partial charge in [-0.05, 0) is 29.7 Å². The lowest BCUT2D eigenvalue weighted by Gasteiger charge is -2.23. The van der Waals surface area contributed by atoms with Gasteiger partial charge >= 0.3 is 5.97 Å². The lowest BCUT2D eigenvalue weighted by atomic mass is 10.1. The van der Waals surface area contributed by atoms with E-state index in [-0.39, 0.29) is 10.2 Å². The molecule has 1 amide bonds. The summed E-state index contributed by atoms with van der Waals surface area (Å²) in [6.07, 6.45) is 1.76. The molecule has 1 fully saturated rings. The molecule has 1 aliphatic heterocycles. The number of thiocarbonyl (C=S) groups is 1. The van der Waals surface area contributed by atoms with Crippen molar-refractivity contribution in [2.24, 2.45) is 0 Å². The number of carbonyl (C=O) groups excluding carboxylic acids is 1. The summed E-state index contributed by atoms with van der Waals surface area (Å²) < 4.78 is 0.251. The van der Waals surface area contributed by atoms with Crippen LogP contribution < -0.4 is 0 Å². The number of carboxylic acids is 1. The fraction of sp³-hybridized carbons (Fsp3) is 0.105. The van der Waals surface area contributed by atoms with E-state index in [0.717, 1.165) is 22.9 Å². The van der Waals surface area contributed by atoms with Crippen molar-refractivity contribution in [1.29, 1.82) is 0 Å². The first kappa shape index (κ1) is 17.4. The van der Waals surface area contributed by atoms with E-state index in [9.17, 15) is 14.7 Å². The van der Waals surface area contributed by atoms with Crippen LogP contribution >= 0.6 is 24.0 Å². The van der Waals surface area contributed by atoms with E-state index in [1.807, 2.05) is 31.2 Å². The molecule has 1 atom stereocenters. The predicted molar refractivity (Wildman–Crippen MR) is 103 cm³/mol. The first-order chi connectivity index (χ1) is 12.0. The second-order valence-electron chi connectivity index (χ2n) is 5.56. The van der Waals surface area contributed by atoms with E-state index >= 15 is 0 Å². The van der Waals surface area contributed by atoms with Crippen molar-refractivity contribution in [2.75, 3.05) is 0 Å². The third kappa shape index (κ3) is 3.50. The van der Waals surface area contributed by atoms with Crippen LogP contribution in [0.15, 0.2) is 59.5 Å². The van der Waals surface area contributed by atoms with Crippen molar-refractivity contribution < 1.29 is 14.7 Å². The summed E-state index contributed by atoms with van der Waals surface area (Å²) >= 11 is 6.43. The van der Waals surface area contributed by atoms with Crippen LogP contribution in [0.3, 0.4) is 0 Å². The van der Waals surface area contributed by atoms with Gasteiger partial charge in [0, 0.05) is 0 Å². The van der Waals surface area contributed by atoms with Gasteiger partial charge in [-0.3, -0.25) is 9.69 Å². The topological polar surface area (TPSA) is 57.6 Å². The van der Waals surface area contributed by atoms with Crippen molar-refractivity contribution in [3.05, 3.63) is 76.2 Å². The minimum absolute atomic E-state index is 0.251. The summed E-state index contributed by atoms with van der Waals surface area (Å²) in [6, 6.07) is 15.2. The molecule has 2 aromatic carbocycles.